The third-order valence-corrected chi connectivity index (χ3v) is 5.00. The number of rotatable bonds is 4. The van der Waals surface area contributed by atoms with Crippen molar-refractivity contribution in [3.8, 4) is 11.3 Å². The Kier molecular flexibility index (Phi) is 5.60. The predicted molar refractivity (Wildman–Crippen MR) is 107 cm³/mol. The number of nitrogens with zero attached hydrogens (tertiary/aromatic N) is 2. The summed E-state index contributed by atoms with van der Waals surface area (Å²) in [6.45, 7) is 0.829. The van der Waals surface area contributed by atoms with Crippen LogP contribution in [-0.4, -0.2) is 45.9 Å². The number of aromatic amines is 1. The molecule has 0 bridgehead atoms. The summed E-state index contributed by atoms with van der Waals surface area (Å²) in [4.78, 5) is 38.8. The van der Waals surface area contributed by atoms with Gasteiger partial charge in [0.15, 0.2) is 5.76 Å². The topological polar surface area (TPSA) is 120 Å². The van der Waals surface area contributed by atoms with Gasteiger partial charge in [0.2, 0.25) is 5.91 Å². The highest BCUT2D eigenvalue weighted by Crippen LogP contribution is 2.19. The number of aromatic nitrogens is 2. The van der Waals surface area contributed by atoms with E-state index in [1.807, 2.05) is 30.3 Å². The quantitative estimate of drug-likeness (QED) is 0.571. The molecule has 1 fully saturated rings. The number of H-pyrrole nitrogens is 1. The van der Waals surface area contributed by atoms with Crippen LogP contribution in [0.15, 0.2) is 59.2 Å². The van der Waals surface area contributed by atoms with Gasteiger partial charge in [-0.1, -0.05) is 30.3 Å². The molecule has 1 unspecified atom stereocenters. The first-order valence-electron chi connectivity index (χ1n) is 9.65. The summed E-state index contributed by atoms with van der Waals surface area (Å²) in [6, 6.07) is 14.3. The van der Waals surface area contributed by atoms with E-state index in [1.165, 1.54) is 6.26 Å². The molecule has 0 radical (unpaired) electrons. The molecule has 9 nitrogen and oxygen atoms in total. The van der Waals surface area contributed by atoms with Crippen LogP contribution in [0.4, 0.5) is 0 Å². The van der Waals surface area contributed by atoms with E-state index in [-0.39, 0.29) is 29.8 Å². The second-order valence-corrected chi connectivity index (χ2v) is 7.04. The summed E-state index contributed by atoms with van der Waals surface area (Å²) in [5.41, 5.74) is 6.58. The van der Waals surface area contributed by atoms with Crippen LogP contribution in [-0.2, 0) is 4.79 Å². The van der Waals surface area contributed by atoms with E-state index in [0.717, 1.165) is 5.56 Å². The molecule has 1 aliphatic heterocycles. The normalized spacial score (nSPS) is 16.1. The SMILES string of the molecule is O=C(NNC(=O)C1CCCN(C(=O)c2ccco2)C1)c1cc(-c2ccccc2)n[nH]1. The van der Waals surface area contributed by atoms with Crippen LogP contribution in [0.3, 0.4) is 0 Å². The average Bonchev–Trinajstić information content (AvgIpc) is 3.50. The highest BCUT2D eigenvalue weighted by molar-refractivity contribution is 5.95. The summed E-state index contributed by atoms with van der Waals surface area (Å²) < 4.78 is 5.15. The van der Waals surface area contributed by atoms with Crippen molar-refractivity contribution in [2.24, 2.45) is 5.92 Å². The number of carbonyl (C=O) groups is 3. The molecule has 9 heteroatoms. The van der Waals surface area contributed by atoms with Crippen molar-refractivity contribution in [1.29, 1.82) is 0 Å². The van der Waals surface area contributed by atoms with Crippen LogP contribution in [0, 0.1) is 5.92 Å². The summed E-state index contributed by atoms with van der Waals surface area (Å²) in [7, 11) is 0. The van der Waals surface area contributed by atoms with Crippen LogP contribution in [0.25, 0.3) is 11.3 Å². The number of hydrogen-bond acceptors (Lipinski definition) is 5. The van der Waals surface area contributed by atoms with Gasteiger partial charge in [-0.2, -0.15) is 5.10 Å². The maximum atomic E-state index is 12.5. The Morgan fingerprint density at radius 2 is 1.93 bits per heavy atom. The fourth-order valence-electron chi connectivity index (χ4n) is 3.41. The molecule has 3 aromatic rings. The Hall–Kier alpha value is -3.88. The van der Waals surface area contributed by atoms with Crippen molar-refractivity contribution >= 4 is 17.7 Å². The first-order chi connectivity index (χ1) is 14.6. The number of amides is 3. The highest BCUT2D eigenvalue weighted by atomic mass is 16.3. The largest absolute Gasteiger partial charge is 0.459 e. The van der Waals surface area contributed by atoms with Crippen LogP contribution < -0.4 is 10.9 Å². The molecule has 2 aromatic heterocycles. The number of benzene rings is 1. The lowest BCUT2D eigenvalue weighted by Gasteiger charge is -2.31. The van der Waals surface area contributed by atoms with Gasteiger partial charge in [-0.25, -0.2) is 0 Å². The van der Waals surface area contributed by atoms with Crippen molar-refractivity contribution in [3.63, 3.8) is 0 Å². The number of furan rings is 1. The predicted octanol–water partition coefficient (Wildman–Crippen LogP) is 1.98. The van der Waals surface area contributed by atoms with E-state index in [0.29, 0.717) is 25.1 Å². The van der Waals surface area contributed by atoms with Gasteiger partial charge in [-0.3, -0.25) is 30.3 Å². The summed E-state index contributed by atoms with van der Waals surface area (Å²) >= 11 is 0. The van der Waals surface area contributed by atoms with Gasteiger partial charge in [0, 0.05) is 18.7 Å². The minimum Gasteiger partial charge on any atom is -0.459 e. The molecule has 30 heavy (non-hydrogen) atoms. The number of hydrazine groups is 1. The van der Waals surface area contributed by atoms with E-state index < -0.39 is 11.8 Å². The molecule has 3 N–H and O–H groups in total. The summed E-state index contributed by atoms with van der Waals surface area (Å²) in [5, 5.41) is 6.79. The maximum Gasteiger partial charge on any atom is 0.289 e. The minimum atomic E-state index is -0.502. The number of nitrogens with one attached hydrogen (secondary N) is 3. The van der Waals surface area contributed by atoms with Crippen molar-refractivity contribution in [2.45, 2.75) is 12.8 Å². The van der Waals surface area contributed by atoms with Gasteiger partial charge in [0.25, 0.3) is 11.8 Å². The van der Waals surface area contributed by atoms with Crippen LogP contribution in [0.1, 0.15) is 33.9 Å². The number of likely N-dealkylation sites (tertiary alicyclic amines) is 1. The number of carbonyl (C=O) groups excluding carboxylic acids is 3. The average molecular weight is 407 g/mol. The van der Waals surface area contributed by atoms with Gasteiger partial charge in [-0.05, 0) is 31.0 Å². The first-order valence-corrected chi connectivity index (χ1v) is 9.65. The zero-order valence-electron chi connectivity index (χ0n) is 16.1. The van der Waals surface area contributed by atoms with Gasteiger partial charge >= 0.3 is 0 Å². The smallest absolute Gasteiger partial charge is 0.289 e. The van der Waals surface area contributed by atoms with Crippen LogP contribution in [0.2, 0.25) is 0 Å². The fourth-order valence-corrected chi connectivity index (χ4v) is 3.41. The Bertz CT molecular complexity index is 1030. The van der Waals surface area contributed by atoms with E-state index in [1.54, 1.807) is 23.1 Å². The molecule has 1 atom stereocenters. The number of piperidine rings is 1. The van der Waals surface area contributed by atoms with Crippen molar-refractivity contribution in [3.05, 3.63) is 66.2 Å². The van der Waals surface area contributed by atoms with E-state index in [4.69, 9.17) is 4.42 Å². The zero-order valence-corrected chi connectivity index (χ0v) is 16.1. The van der Waals surface area contributed by atoms with Gasteiger partial charge in [0.1, 0.15) is 5.69 Å². The molecule has 3 amide bonds. The van der Waals surface area contributed by atoms with Gasteiger partial charge in [-0.15, -0.1) is 0 Å². The maximum absolute atomic E-state index is 12.5. The molecule has 154 valence electrons. The molecule has 0 spiro atoms. The molecule has 1 saturated heterocycles. The Morgan fingerprint density at radius 1 is 1.10 bits per heavy atom. The van der Waals surface area contributed by atoms with E-state index >= 15 is 0 Å². The second-order valence-electron chi connectivity index (χ2n) is 7.04. The zero-order chi connectivity index (χ0) is 20.9. The van der Waals surface area contributed by atoms with Crippen molar-refractivity contribution < 1.29 is 18.8 Å². The molecule has 1 aromatic carbocycles. The molecule has 4 rings (SSSR count). The lowest BCUT2D eigenvalue weighted by Crippen LogP contribution is -2.50. The third kappa shape index (κ3) is 4.24. The molecule has 1 aliphatic rings. The van der Waals surface area contributed by atoms with Gasteiger partial charge < -0.3 is 9.32 Å². The lowest BCUT2D eigenvalue weighted by molar-refractivity contribution is -0.127. The lowest BCUT2D eigenvalue weighted by atomic mass is 9.97. The Labute approximate surface area is 172 Å². The molecular formula is C21H21N5O4. The number of hydrogen-bond donors (Lipinski definition) is 3. The van der Waals surface area contributed by atoms with Gasteiger partial charge in [0.05, 0.1) is 17.9 Å². The summed E-state index contributed by atoms with van der Waals surface area (Å²) in [5.74, 6) is -1.26. The monoisotopic (exact) mass is 407 g/mol. The Balaban J connectivity index is 1.31. The third-order valence-electron chi connectivity index (χ3n) is 5.00. The molecular weight excluding hydrogens is 386 g/mol. The minimum absolute atomic E-state index is 0.229. The molecule has 0 aliphatic carbocycles. The van der Waals surface area contributed by atoms with Crippen LogP contribution >= 0.6 is 0 Å². The van der Waals surface area contributed by atoms with Crippen molar-refractivity contribution in [2.75, 3.05) is 13.1 Å². The second kappa shape index (κ2) is 8.64. The fraction of sp³-hybridized carbons (Fsp3) is 0.238. The first kappa shape index (κ1) is 19.4. The van der Waals surface area contributed by atoms with E-state index in [9.17, 15) is 14.4 Å². The highest BCUT2D eigenvalue weighted by Gasteiger charge is 2.30. The summed E-state index contributed by atoms with van der Waals surface area (Å²) in [6.07, 6.45) is 2.76. The molecule has 0 saturated carbocycles. The van der Waals surface area contributed by atoms with Crippen LogP contribution in [0.5, 0.6) is 0 Å². The molecule has 3 heterocycles. The Morgan fingerprint density at radius 3 is 2.70 bits per heavy atom. The van der Waals surface area contributed by atoms with E-state index in [2.05, 4.69) is 21.0 Å². The van der Waals surface area contributed by atoms with Crippen molar-refractivity contribution in [1.82, 2.24) is 25.9 Å². The standard InChI is InChI=1S/C21H21N5O4/c27-19(15-8-4-10-26(13-15)21(29)18-9-5-11-30-18)24-25-20(28)17-12-16(22-23-17)14-6-2-1-3-7-14/h1-3,5-7,9,11-12,15H,4,8,10,13H2,(H,22,23)(H,24,27)(H,25,28).